The lowest BCUT2D eigenvalue weighted by Crippen LogP contribution is -2.46. The minimum Gasteiger partial charge on any atom is -0.315 e. The van der Waals surface area contributed by atoms with Gasteiger partial charge in [-0.1, -0.05) is 20.8 Å². The Morgan fingerprint density at radius 1 is 1.16 bits per heavy atom. The van der Waals surface area contributed by atoms with E-state index in [-0.39, 0.29) is 5.54 Å². The van der Waals surface area contributed by atoms with E-state index in [4.69, 9.17) is 0 Å². The van der Waals surface area contributed by atoms with E-state index in [2.05, 4.69) is 10.0 Å². The molecule has 0 amide bonds. The van der Waals surface area contributed by atoms with Gasteiger partial charge in [-0.05, 0) is 38.4 Å². The lowest BCUT2D eigenvalue weighted by atomic mass is 9.91. The molecule has 0 bridgehead atoms. The highest BCUT2D eigenvalue weighted by molar-refractivity contribution is 7.91. The van der Waals surface area contributed by atoms with Gasteiger partial charge in [0.2, 0.25) is 0 Å². The predicted octanol–water partition coefficient (Wildman–Crippen LogP) is 2.71. The molecular formula is C13H24N2O2S2. The van der Waals surface area contributed by atoms with Crippen LogP contribution in [0.4, 0.5) is 0 Å². The van der Waals surface area contributed by atoms with Gasteiger partial charge in [0.25, 0.3) is 10.0 Å². The summed E-state index contributed by atoms with van der Waals surface area (Å²) >= 11 is 1.32. The molecule has 1 rings (SSSR count). The molecule has 0 atom stereocenters. The first-order chi connectivity index (χ1) is 8.93. The first kappa shape index (κ1) is 16.6. The number of nitrogens with one attached hydrogen (secondary N) is 2. The van der Waals surface area contributed by atoms with Gasteiger partial charge in [0.1, 0.15) is 4.21 Å². The smallest absolute Gasteiger partial charge is 0.250 e. The van der Waals surface area contributed by atoms with Crippen LogP contribution in [0.5, 0.6) is 0 Å². The second-order valence-corrected chi connectivity index (χ2v) is 7.78. The molecule has 0 fully saturated rings. The second-order valence-electron chi connectivity index (χ2n) is 4.70. The molecule has 19 heavy (non-hydrogen) atoms. The van der Waals surface area contributed by atoms with E-state index in [0.717, 1.165) is 24.1 Å². The molecule has 0 saturated carbocycles. The van der Waals surface area contributed by atoms with Crippen LogP contribution in [-0.2, 0) is 16.6 Å². The number of hydrogen-bond donors (Lipinski definition) is 2. The Kier molecular flexibility index (Phi) is 5.98. The SMILES string of the molecule is CCC(CC)(CC)NS(=O)(=O)c1ccc(CNC)s1. The van der Waals surface area contributed by atoms with Crippen molar-refractivity contribution in [3.63, 3.8) is 0 Å². The summed E-state index contributed by atoms with van der Waals surface area (Å²) < 4.78 is 28.1. The van der Waals surface area contributed by atoms with Crippen molar-refractivity contribution >= 4 is 21.4 Å². The molecule has 6 heteroatoms. The summed E-state index contributed by atoms with van der Waals surface area (Å²) in [5.74, 6) is 0. The van der Waals surface area contributed by atoms with E-state index < -0.39 is 10.0 Å². The van der Waals surface area contributed by atoms with Crippen molar-refractivity contribution in [2.45, 2.75) is 56.3 Å². The molecule has 0 spiro atoms. The fraction of sp³-hybridized carbons (Fsp3) is 0.692. The predicted molar refractivity (Wildman–Crippen MR) is 81.0 cm³/mol. The normalized spacial score (nSPS) is 12.8. The zero-order valence-corrected chi connectivity index (χ0v) is 13.7. The lowest BCUT2D eigenvalue weighted by Gasteiger charge is -2.30. The standard InChI is InChI=1S/C13H24N2O2S2/c1-5-13(6-2,7-3)15-19(16,17)12-9-8-11(18-12)10-14-4/h8-9,14-15H,5-7,10H2,1-4H3. The average Bonchev–Trinajstić information content (AvgIpc) is 2.86. The number of thiophene rings is 1. The Morgan fingerprint density at radius 3 is 2.21 bits per heavy atom. The minimum atomic E-state index is -3.41. The average molecular weight is 304 g/mol. The number of hydrogen-bond acceptors (Lipinski definition) is 4. The van der Waals surface area contributed by atoms with Gasteiger partial charge in [0.15, 0.2) is 0 Å². The van der Waals surface area contributed by atoms with Gasteiger partial charge in [-0.15, -0.1) is 11.3 Å². The summed E-state index contributed by atoms with van der Waals surface area (Å²) in [4.78, 5) is 1.03. The Morgan fingerprint density at radius 2 is 1.74 bits per heavy atom. The van der Waals surface area contributed by atoms with Crippen LogP contribution in [0.2, 0.25) is 0 Å². The maximum Gasteiger partial charge on any atom is 0.250 e. The molecule has 110 valence electrons. The van der Waals surface area contributed by atoms with Crippen molar-refractivity contribution < 1.29 is 8.42 Å². The molecule has 2 N–H and O–H groups in total. The van der Waals surface area contributed by atoms with E-state index in [0.29, 0.717) is 10.8 Å². The largest absolute Gasteiger partial charge is 0.315 e. The van der Waals surface area contributed by atoms with Crippen LogP contribution in [0, 0.1) is 0 Å². The summed E-state index contributed by atoms with van der Waals surface area (Å²) in [6.07, 6.45) is 2.40. The highest BCUT2D eigenvalue weighted by Gasteiger charge is 2.31. The molecular weight excluding hydrogens is 280 g/mol. The summed E-state index contributed by atoms with van der Waals surface area (Å²) in [7, 11) is -1.56. The van der Waals surface area contributed by atoms with Gasteiger partial charge in [-0.25, -0.2) is 13.1 Å². The van der Waals surface area contributed by atoms with E-state index in [1.807, 2.05) is 33.9 Å². The molecule has 0 aliphatic rings. The topological polar surface area (TPSA) is 58.2 Å². The Balaban J connectivity index is 2.96. The molecule has 4 nitrogen and oxygen atoms in total. The van der Waals surface area contributed by atoms with Gasteiger partial charge in [-0.3, -0.25) is 0 Å². The third-order valence-electron chi connectivity index (χ3n) is 3.63. The van der Waals surface area contributed by atoms with Crippen LogP contribution >= 0.6 is 11.3 Å². The molecule has 0 aromatic carbocycles. The van der Waals surface area contributed by atoms with Crippen molar-refractivity contribution in [1.29, 1.82) is 0 Å². The molecule has 0 aliphatic heterocycles. The van der Waals surface area contributed by atoms with E-state index in [9.17, 15) is 8.42 Å². The minimum absolute atomic E-state index is 0.327. The first-order valence-corrected chi connectivity index (χ1v) is 9.00. The fourth-order valence-corrected chi connectivity index (χ4v) is 5.06. The summed E-state index contributed by atoms with van der Waals surface area (Å²) in [6, 6.07) is 3.55. The van der Waals surface area contributed by atoms with Crippen molar-refractivity contribution in [2.75, 3.05) is 7.05 Å². The third-order valence-corrected chi connectivity index (χ3v) is 6.79. The van der Waals surface area contributed by atoms with Gasteiger partial charge in [0, 0.05) is 17.0 Å². The van der Waals surface area contributed by atoms with Crippen molar-refractivity contribution in [2.24, 2.45) is 0 Å². The van der Waals surface area contributed by atoms with Gasteiger partial charge >= 0.3 is 0 Å². The number of sulfonamides is 1. The monoisotopic (exact) mass is 304 g/mol. The van der Waals surface area contributed by atoms with Crippen molar-refractivity contribution in [1.82, 2.24) is 10.0 Å². The third kappa shape index (κ3) is 4.02. The zero-order chi connectivity index (χ0) is 14.5. The summed E-state index contributed by atoms with van der Waals surface area (Å²) in [6.45, 7) is 6.77. The lowest BCUT2D eigenvalue weighted by molar-refractivity contribution is 0.342. The molecule has 1 heterocycles. The van der Waals surface area contributed by atoms with E-state index in [1.54, 1.807) is 6.07 Å². The van der Waals surface area contributed by atoms with Gasteiger partial charge in [-0.2, -0.15) is 0 Å². The maximum atomic E-state index is 12.4. The van der Waals surface area contributed by atoms with Crippen LogP contribution in [0.3, 0.4) is 0 Å². The van der Waals surface area contributed by atoms with Crippen molar-refractivity contribution in [3.05, 3.63) is 17.0 Å². The maximum absolute atomic E-state index is 12.4. The summed E-state index contributed by atoms with van der Waals surface area (Å²) in [5.41, 5.74) is -0.327. The van der Waals surface area contributed by atoms with Gasteiger partial charge < -0.3 is 5.32 Å². The van der Waals surface area contributed by atoms with Crippen LogP contribution in [0.25, 0.3) is 0 Å². The van der Waals surface area contributed by atoms with Crippen LogP contribution in [0.15, 0.2) is 16.3 Å². The van der Waals surface area contributed by atoms with Crippen molar-refractivity contribution in [3.8, 4) is 0 Å². The Hall–Kier alpha value is -0.430. The molecule has 1 aromatic heterocycles. The molecule has 0 radical (unpaired) electrons. The highest BCUT2D eigenvalue weighted by Crippen LogP contribution is 2.26. The van der Waals surface area contributed by atoms with Crippen LogP contribution in [0.1, 0.15) is 44.9 Å². The fourth-order valence-electron chi connectivity index (χ4n) is 2.07. The van der Waals surface area contributed by atoms with Crippen LogP contribution in [-0.4, -0.2) is 21.0 Å². The molecule has 0 saturated heterocycles. The first-order valence-electron chi connectivity index (χ1n) is 6.70. The molecule has 0 aliphatic carbocycles. The van der Waals surface area contributed by atoms with Crippen LogP contribution < -0.4 is 10.0 Å². The Labute approximate surface area is 120 Å². The van der Waals surface area contributed by atoms with Gasteiger partial charge in [0.05, 0.1) is 0 Å². The summed E-state index contributed by atoms with van der Waals surface area (Å²) in [5, 5.41) is 3.03. The second kappa shape index (κ2) is 6.83. The van der Waals surface area contributed by atoms with E-state index >= 15 is 0 Å². The quantitative estimate of drug-likeness (QED) is 0.776. The Bertz CT molecular complexity index is 482. The zero-order valence-electron chi connectivity index (χ0n) is 12.1. The van der Waals surface area contributed by atoms with E-state index in [1.165, 1.54) is 11.3 Å². The molecule has 0 unspecified atom stereocenters. The number of rotatable bonds is 8. The molecule has 1 aromatic rings. The highest BCUT2D eigenvalue weighted by atomic mass is 32.2.